The van der Waals surface area contributed by atoms with Crippen molar-refractivity contribution in [2.45, 2.75) is 33.2 Å². The smallest absolute Gasteiger partial charge is 0.330 e. The van der Waals surface area contributed by atoms with Gasteiger partial charge in [0, 0.05) is 6.54 Å². The summed E-state index contributed by atoms with van der Waals surface area (Å²) in [6.45, 7) is 4.13. The second-order valence-corrected chi connectivity index (χ2v) is 7.57. The number of anilines is 2. The van der Waals surface area contributed by atoms with Crippen molar-refractivity contribution in [1.82, 2.24) is 9.55 Å². The van der Waals surface area contributed by atoms with E-state index in [4.69, 9.17) is 10.5 Å². The predicted molar refractivity (Wildman–Crippen MR) is 125 cm³/mol. The maximum atomic E-state index is 13.1. The van der Waals surface area contributed by atoms with Crippen molar-refractivity contribution < 1.29 is 9.53 Å². The Balaban J connectivity index is 1.92. The van der Waals surface area contributed by atoms with Crippen LogP contribution in [0.15, 0.2) is 64.2 Å². The molecule has 0 aliphatic heterocycles. The number of nitrogens with one attached hydrogen (secondary N) is 1. The van der Waals surface area contributed by atoms with Crippen LogP contribution in [-0.2, 0) is 11.3 Å². The molecule has 0 aliphatic carbocycles. The number of benzene rings is 2. The normalized spacial score (nSPS) is 10.7. The molecule has 3 aromatic rings. The van der Waals surface area contributed by atoms with Crippen LogP contribution in [0.1, 0.15) is 30.9 Å². The molecule has 3 N–H and O–H groups in total. The van der Waals surface area contributed by atoms with Gasteiger partial charge in [-0.1, -0.05) is 61.4 Å². The number of nitrogen functional groups attached to an aromatic ring is 1. The number of unbranched alkanes of at least 4 members (excludes halogenated alkanes) is 1. The van der Waals surface area contributed by atoms with Crippen molar-refractivity contribution in [3.8, 4) is 5.75 Å². The Labute approximate surface area is 186 Å². The summed E-state index contributed by atoms with van der Waals surface area (Å²) in [5, 5.41) is 0. The predicted octanol–water partition coefficient (Wildman–Crippen LogP) is 2.69. The number of aromatic amines is 1. The average Bonchev–Trinajstić information content (AvgIpc) is 2.79. The first-order valence-corrected chi connectivity index (χ1v) is 10.6. The summed E-state index contributed by atoms with van der Waals surface area (Å²) in [5.74, 6) is 0.0823. The Morgan fingerprint density at radius 2 is 1.78 bits per heavy atom. The first-order chi connectivity index (χ1) is 15.4. The number of amides is 1. The lowest BCUT2D eigenvalue weighted by Crippen LogP contribution is -2.43. The lowest BCUT2D eigenvalue weighted by molar-refractivity contribution is -0.120. The molecule has 8 nitrogen and oxygen atoms in total. The Morgan fingerprint density at radius 3 is 2.44 bits per heavy atom. The standard InChI is InChI=1S/C24H28N4O4/c1-3-4-14-27(20(29)16-32-19-12-10-17(2)11-13-19)21-22(25)28(24(31)26-23(21)30)15-18-8-6-5-7-9-18/h5-13H,3-4,14-16,25H2,1-2H3,(H,26,30,31). The fourth-order valence-corrected chi connectivity index (χ4v) is 3.30. The Morgan fingerprint density at radius 1 is 1.09 bits per heavy atom. The van der Waals surface area contributed by atoms with Crippen LogP contribution in [0.2, 0.25) is 0 Å². The number of ether oxygens (including phenoxy) is 1. The summed E-state index contributed by atoms with van der Waals surface area (Å²) in [5.41, 5.74) is 6.83. The molecule has 0 radical (unpaired) electrons. The van der Waals surface area contributed by atoms with Gasteiger partial charge in [-0.05, 0) is 31.0 Å². The van der Waals surface area contributed by atoms with E-state index < -0.39 is 17.2 Å². The van der Waals surface area contributed by atoms with Crippen molar-refractivity contribution in [1.29, 1.82) is 0 Å². The lowest BCUT2D eigenvalue weighted by Gasteiger charge is -2.24. The fraction of sp³-hybridized carbons (Fsp3) is 0.292. The molecule has 0 unspecified atom stereocenters. The van der Waals surface area contributed by atoms with Crippen LogP contribution in [0.3, 0.4) is 0 Å². The average molecular weight is 437 g/mol. The van der Waals surface area contributed by atoms with Crippen LogP contribution in [0.5, 0.6) is 5.75 Å². The summed E-state index contributed by atoms with van der Waals surface area (Å²) in [4.78, 5) is 41.8. The van der Waals surface area contributed by atoms with Crippen LogP contribution in [-0.4, -0.2) is 28.6 Å². The lowest BCUT2D eigenvalue weighted by atomic mass is 10.2. The molecule has 1 heterocycles. The molecule has 0 spiro atoms. The van der Waals surface area contributed by atoms with Crippen LogP contribution >= 0.6 is 0 Å². The van der Waals surface area contributed by atoms with Gasteiger partial charge in [-0.25, -0.2) is 4.79 Å². The minimum Gasteiger partial charge on any atom is -0.484 e. The van der Waals surface area contributed by atoms with E-state index in [2.05, 4.69) is 4.98 Å². The fourth-order valence-electron chi connectivity index (χ4n) is 3.30. The third-order valence-electron chi connectivity index (χ3n) is 5.09. The molecule has 0 saturated carbocycles. The van der Waals surface area contributed by atoms with Crippen molar-refractivity contribution >= 4 is 17.4 Å². The van der Waals surface area contributed by atoms with Gasteiger partial charge in [0.05, 0.1) is 6.54 Å². The Hall–Kier alpha value is -3.81. The molecule has 0 saturated heterocycles. The quantitative estimate of drug-likeness (QED) is 0.536. The van der Waals surface area contributed by atoms with Crippen molar-refractivity contribution in [3.05, 3.63) is 86.6 Å². The first-order valence-electron chi connectivity index (χ1n) is 10.6. The number of nitrogens with two attached hydrogens (primary N) is 1. The van der Waals surface area contributed by atoms with E-state index in [9.17, 15) is 14.4 Å². The third kappa shape index (κ3) is 5.46. The molecule has 2 aromatic carbocycles. The number of H-pyrrole nitrogens is 1. The second kappa shape index (κ2) is 10.5. The highest BCUT2D eigenvalue weighted by Gasteiger charge is 2.24. The van der Waals surface area contributed by atoms with Crippen LogP contribution in [0, 0.1) is 6.92 Å². The number of hydrogen-bond acceptors (Lipinski definition) is 5. The second-order valence-electron chi connectivity index (χ2n) is 7.57. The number of hydrogen-bond donors (Lipinski definition) is 2. The summed E-state index contributed by atoms with van der Waals surface area (Å²) in [7, 11) is 0. The largest absolute Gasteiger partial charge is 0.484 e. The number of rotatable bonds is 9. The molecule has 1 aromatic heterocycles. The highest BCUT2D eigenvalue weighted by Crippen LogP contribution is 2.19. The van der Waals surface area contributed by atoms with Gasteiger partial charge >= 0.3 is 5.69 Å². The molecular formula is C24H28N4O4. The van der Waals surface area contributed by atoms with E-state index in [-0.39, 0.29) is 31.2 Å². The molecule has 168 valence electrons. The van der Waals surface area contributed by atoms with E-state index in [1.807, 2.05) is 56.3 Å². The summed E-state index contributed by atoms with van der Waals surface area (Å²) in [6.07, 6.45) is 1.47. The van der Waals surface area contributed by atoms with Crippen molar-refractivity contribution in [2.75, 3.05) is 23.8 Å². The minimum absolute atomic E-state index is 0.0357. The highest BCUT2D eigenvalue weighted by atomic mass is 16.5. The highest BCUT2D eigenvalue weighted by molar-refractivity contribution is 5.96. The monoisotopic (exact) mass is 436 g/mol. The molecule has 3 rings (SSSR count). The van der Waals surface area contributed by atoms with Gasteiger partial charge in [-0.15, -0.1) is 0 Å². The zero-order valence-corrected chi connectivity index (χ0v) is 18.3. The van der Waals surface area contributed by atoms with Crippen LogP contribution < -0.4 is 26.6 Å². The molecule has 0 aliphatic rings. The van der Waals surface area contributed by atoms with Crippen LogP contribution in [0.4, 0.5) is 11.5 Å². The number of carbonyl (C=O) groups excluding carboxylic acids is 1. The number of carbonyl (C=O) groups is 1. The molecule has 0 fully saturated rings. The van der Waals surface area contributed by atoms with Gasteiger partial charge in [0.25, 0.3) is 11.5 Å². The van der Waals surface area contributed by atoms with Gasteiger partial charge in [-0.2, -0.15) is 0 Å². The van der Waals surface area contributed by atoms with E-state index in [1.165, 1.54) is 9.47 Å². The van der Waals surface area contributed by atoms with Gasteiger partial charge in [0.2, 0.25) is 0 Å². The number of aryl methyl sites for hydroxylation is 1. The minimum atomic E-state index is -0.698. The van der Waals surface area contributed by atoms with Gasteiger partial charge in [-0.3, -0.25) is 19.1 Å². The van der Waals surface area contributed by atoms with Gasteiger partial charge < -0.3 is 15.4 Å². The first kappa shape index (κ1) is 22.9. The topological polar surface area (TPSA) is 110 Å². The Kier molecular flexibility index (Phi) is 7.49. The maximum Gasteiger partial charge on any atom is 0.330 e. The Bertz CT molecular complexity index is 1170. The molecule has 0 bridgehead atoms. The molecule has 0 atom stereocenters. The van der Waals surface area contributed by atoms with E-state index in [0.717, 1.165) is 17.5 Å². The van der Waals surface area contributed by atoms with E-state index >= 15 is 0 Å². The molecule has 8 heteroatoms. The molecule has 32 heavy (non-hydrogen) atoms. The van der Waals surface area contributed by atoms with Gasteiger partial charge in [0.1, 0.15) is 11.6 Å². The summed E-state index contributed by atoms with van der Waals surface area (Å²) < 4.78 is 6.88. The van der Waals surface area contributed by atoms with E-state index in [0.29, 0.717) is 12.2 Å². The van der Waals surface area contributed by atoms with Crippen molar-refractivity contribution in [3.63, 3.8) is 0 Å². The number of aromatic nitrogens is 2. The maximum absolute atomic E-state index is 13.1. The zero-order chi connectivity index (χ0) is 23.1. The summed E-state index contributed by atoms with van der Waals surface area (Å²) >= 11 is 0. The molecule has 1 amide bonds. The van der Waals surface area contributed by atoms with Crippen molar-refractivity contribution in [2.24, 2.45) is 0 Å². The third-order valence-corrected chi connectivity index (χ3v) is 5.09. The van der Waals surface area contributed by atoms with E-state index in [1.54, 1.807) is 12.1 Å². The summed E-state index contributed by atoms with van der Waals surface area (Å²) in [6, 6.07) is 16.6. The number of nitrogens with zero attached hydrogens (tertiary/aromatic N) is 2. The van der Waals surface area contributed by atoms with Crippen LogP contribution in [0.25, 0.3) is 0 Å². The SMILES string of the molecule is CCCCN(C(=O)COc1ccc(C)cc1)c1c(N)n(Cc2ccccc2)c(=O)[nH]c1=O. The molecular weight excluding hydrogens is 408 g/mol. The zero-order valence-electron chi connectivity index (χ0n) is 18.3. The van der Waals surface area contributed by atoms with Gasteiger partial charge in [0.15, 0.2) is 12.3 Å².